The molecule has 1 aromatic carbocycles. The molecule has 0 aromatic heterocycles. The molecule has 6 nitrogen and oxygen atoms in total. The van der Waals surface area contributed by atoms with Crippen molar-refractivity contribution in [2.45, 2.75) is 82.5 Å². The zero-order valence-corrected chi connectivity index (χ0v) is 19.3. The zero-order valence-electron chi connectivity index (χ0n) is 18.3. The summed E-state index contributed by atoms with van der Waals surface area (Å²) in [4.78, 5) is 0. The normalized spacial score (nSPS) is 37.8. The molecule has 3 fully saturated rings. The van der Waals surface area contributed by atoms with Gasteiger partial charge in [-0.25, -0.2) is 0 Å². The molecule has 3 saturated heterocycles. The minimum atomic E-state index is -1.98. The van der Waals surface area contributed by atoms with Gasteiger partial charge in [-0.05, 0) is 18.1 Å². The highest BCUT2D eigenvalue weighted by atomic mass is 28.4. The number of hydrogen-bond donors (Lipinski definition) is 0. The average Bonchev–Trinajstić information content (AvgIpc) is 3.03. The molecule has 3 aliphatic rings. The molecule has 0 aliphatic carbocycles. The van der Waals surface area contributed by atoms with Crippen molar-refractivity contribution in [1.29, 1.82) is 0 Å². The summed E-state index contributed by atoms with van der Waals surface area (Å²) in [6.45, 7) is 11.8. The standard InChI is InChI=1S/C22H34O6Si/c1-21(2,3)29(5,6)28-17-12-16-14-24-19(15-10-8-7-9-11-15)27-22(16)13-18(23-4)26-20(22)25-17/h7-11,16-20H,12-14H2,1-6H3/t16-,17-,18?,19+,20+,22+/m1/s1. The third-order valence-corrected chi connectivity index (χ3v) is 11.4. The Bertz CT molecular complexity index is 705. The van der Waals surface area contributed by atoms with E-state index in [1.54, 1.807) is 7.11 Å². The van der Waals surface area contributed by atoms with Crippen molar-refractivity contribution < 1.29 is 28.1 Å². The second-order valence-electron chi connectivity index (χ2n) is 9.86. The predicted molar refractivity (Wildman–Crippen MR) is 111 cm³/mol. The molecule has 4 rings (SSSR count). The van der Waals surface area contributed by atoms with Crippen LogP contribution in [0, 0.1) is 5.92 Å². The van der Waals surface area contributed by atoms with Crippen molar-refractivity contribution in [2.75, 3.05) is 13.7 Å². The lowest BCUT2D eigenvalue weighted by molar-refractivity contribution is -0.380. The van der Waals surface area contributed by atoms with Crippen LogP contribution in [0.25, 0.3) is 0 Å². The second kappa shape index (κ2) is 7.71. The van der Waals surface area contributed by atoms with E-state index < -0.39 is 26.5 Å². The molecule has 0 radical (unpaired) electrons. The molecular formula is C22H34O6Si. The van der Waals surface area contributed by atoms with E-state index in [0.717, 1.165) is 12.0 Å². The van der Waals surface area contributed by atoms with Gasteiger partial charge >= 0.3 is 0 Å². The molecule has 7 heteroatoms. The summed E-state index contributed by atoms with van der Waals surface area (Å²) in [6, 6.07) is 10.0. The fraction of sp³-hybridized carbons (Fsp3) is 0.727. The predicted octanol–water partition coefficient (Wildman–Crippen LogP) is 4.57. The van der Waals surface area contributed by atoms with Crippen LogP contribution in [-0.4, -0.2) is 46.5 Å². The number of methoxy groups -OCH3 is 1. The quantitative estimate of drug-likeness (QED) is 0.663. The first-order chi connectivity index (χ1) is 13.6. The molecule has 1 spiro atoms. The van der Waals surface area contributed by atoms with Crippen LogP contribution in [0.5, 0.6) is 0 Å². The van der Waals surface area contributed by atoms with Crippen molar-refractivity contribution in [3.05, 3.63) is 35.9 Å². The van der Waals surface area contributed by atoms with E-state index in [4.69, 9.17) is 28.1 Å². The molecule has 0 N–H and O–H groups in total. The van der Waals surface area contributed by atoms with Gasteiger partial charge in [-0.3, -0.25) is 0 Å². The summed E-state index contributed by atoms with van der Waals surface area (Å²) in [5.74, 6) is 0.121. The van der Waals surface area contributed by atoms with Gasteiger partial charge in [-0.15, -0.1) is 0 Å². The second-order valence-corrected chi connectivity index (χ2v) is 14.6. The molecule has 0 amide bonds. The number of rotatable bonds is 4. The van der Waals surface area contributed by atoms with Gasteiger partial charge < -0.3 is 28.1 Å². The van der Waals surface area contributed by atoms with Crippen LogP contribution in [0.3, 0.4) is 0 Å². The van der Waals surface area contributed by atoms with Gasteiger partial charge in [0.25, 0.3) is 0 Å². The largest absolute Gasteiger partial charge is 0.392 e. The van der Waals surface area contributed by atoms with Crippen LogP contribution in [0.15, 0.2) is 30.3 Å². The molecule has 1 aromatic rings. The summed E-state index contributed by atoms with van der Waals surface area (Å²) in [5.41, 5.74) is 0.409. The first-order valence-electron chi connectivity index (χ1n) is 10.5. The van der Waals surface area contributed by atoms with E-state index in [9.17, 15) is 0 Å². The van der Waals surface area contributed by atoms with Gasteiger partial charge in [-0.2, -0.15) is 0 Å². The Morgan fingerprint density at radius 1 is 1.07 bits per heavy atom. The lowest BCUT2D eigenvalue weighted by Gasteiger charge is -2.52. The van der Waals surface area contributed by atoms with E-state index in [1.807, 2.05) is 30.3 Å². The van der Waals surface area contributed by atoms with E-state index in [0.29, 0.717) is 13.0 Å². The topological polar surface area (TPSA) is 55.4 Å². The maximum absolute atomic E-state index is 6.57. The molecule has 0 bridgehead atoms. The Hall–Kier alpha value is -0.803. The third kappa shape index (κ3) is 3.94. The maximum Gasteiger partial charge on any atom is 0.195 e. The van der Waals surface area contributed by atoms with Crippen molar-refractivity contribution in [3.63, 3.8) is 0 Å². The van der Waals surface area contributed by atoms with Crippen LogP contribution in [0.2, 0.25) is 18.1 Å². The summed E-state index contributed by atoms with van der Waals surface area (Å²) < 4.78 is 37.2. The van der Waals surface area contributed by atoms with Crippen molar-refractivity contribution in [2.24, 2.45) is 5.92 Å². The average molecular weight is 423 g/mol. The maximum atomic E-state index is 6.57. The minimum absolute atomic E-state index is 0.106. The van der Waals surface area contributed by atoms with Crippen LogP contribution in [-0.2, 0) is 28.1 Å². The first kappa shape index (κ1) is 21.4. The van der Waals surface area contributed by atoms with E-state index in [2.05, 4.69) is 33.9 Å². The number of benzene rings is 1. The fourth-order valence-electron chi connectivity index (χ4n) is 4.13. The van der Waals surface area contributed by atoms with Gasteiger partial charge in [0.05, 0.1) is 6.61 Å². The Balaban J connectivity index is 1.56. The molecule has 1 unspecified atom stereocenters. The Morgan fingerprint density at radius 3 is 2.41 bits per heavy atom. The lowest BCUT2D eigenvalue weighted by atomic mass is 9.80. The Kier molecular flexibility index (Phi) is 5.70. The van der Waals surface area contributed by atoms with Gasteiger partial charge in [0.15, 0.2) is 33.5 Å². The van der Waals surface area contributed by atoms with Crippen LogP contribution in [0.1, 0.15) is 45.5 Å². The van der Waals surface area contributed by atoms with Gasteiger partial charge in [-0.1, -0.05) is 51.1 Å². The van der Waals surface area contributed by atoms with Crippen molar-refractivity contribution >= 4 is 8.32 Å². The summed E-state index contributed by atoms with van der Waals surface area (Å²) in [6.07, 6.45) is -0.298. The van der Waals surface area contributed by atoms with Gasteiger partial charge in [0.2, 0.25) is 0 Å². The van der Waals surface area contributed by atoms with Gasteiger partial charge in [0.1, 0.15) is 5.60 Å². The number of ether oxygens (including phenoxy) is 5. The van der Waals surface area contributed by atoms with E-state index in [1.165, 1.54) is 0 Å². The SMILES string of the molecule is COC1C[C@]23O[C@@H](c4ccccc4)OC[C@H]2C[C@@H](O[Si](C)(C)C(C)(C)C)O[C@H]3O1. The molecule has 162 valence electrons. The summed E-state index contributed by atoms with van der Waals surface area (Å²) in [5, 5.41) is 0.106. The Morgan fingerprint density at radius 2 is 1.76 bits per heavy atom. The van der Waals surface area contributed by atoms with Crippen molar-refractivity contribution in [3.8, 4) is 0 Å². The van der Waals surface area contributed by atoms with Crippen LogP contribution in [0.4, 0.5) is 0 Å². The first-order valence-corrected chi connectivity index (χ1v) is 13.4. The lowest BCUT2D eigenvalue weighted by Crippen LogP contribution is -2.61. The summed E-state index contributed by atoms with van der Waals surface area (Å²) >= 11 is 0. The molecule has 29 heavy (non-hydrogen) atoms. The highest BCUT2D eigenvalue weighted by Crippen LogP contribution is 2.52. The summed E-state index contributed by atoms with van der Waals surface area (Å²) in [7, 11) is -0.322. The number of hydrogen-bond acceptors (Lipinski definition) is 6. The molecular weight excluding hydrogens is 388 g/mol. The highest BCUT2D eigenvalue weighted by Gasteiger charge is 2.63. The van der Waals surface area contributed by atoms with E-state index >= 15 is 0 Å². The third-order valence-electron chi connectivity index (χ3n) is 6.95. The smallest absolute Gasteiger partial charge is 0.195 e. The van der Waals surface area contributed by atoms with Crippen molar-refractivity contribution in [1.82, 2.24) is 0 Å². The monoisotopic (exact) mass is 422 g/mol. The highest BCUT2D eigenvalue weighted by molar-refractivity contribution is 6.74. The van der Waals surface area contributed by atoms with Gasteiger partial charge in [0, 0.05) is 31.4 Å². The molecule has 6 atom stereocenters. The fourth-order valence-corrected chi connectivity index (χ4v) is 5.29. The molecule has 0 saturated carbocycles. The van der Waals surface area contributed by atoms with E-state index in [-0.39, 0.29) is 23.5 Å². The zero-order chi connectivity index (χ0) is 20.9. The molecule has 3 heterocycles. The molecule has 3 aliphatic heterocycles. The Labute approximate surface area is 174 Å². The van der Waals surface area contributed by atoms with Crippen LogP contribution < -0.4 is 0 Å². The van der Waals surface area contributed by atoms with Crippen LogP contribution >= 0.6 is 0 Å². The minimum Gasteiger partial charge on any atom is -0.392 e.